The molecule has 2 N–H and O–H groups in total. The zero-order chi connectivity index (χ0) is 25.7. The Morgan fingerprint density at radius 1 is 0.972 bits per heavy atom. The van der Waals surface area contributed by atoms with Crippen LogP contribution in [-0.4, -0.2) is 40.2 Å². The Labute approximate surface area is 210 Å². The van der Waals surface area contributed by atoms with Gasteiger partial charge in [-0.1, -0.05) is 55.5 Å². The van der Waals surface area contributed by atoms with Crippen LogP contribution in [0.2, 0.25) is 0 Å². The number of carbonyl (C=O) groups excluding carboxylic acids is 2. The summed E-state index contributed by atoms with van der Waals surface area (Å²) in [6, 6.07) is 18.6. The quantitative estimate of drug-likeness (QED) is 0.482. The number of sulfonamides is 1. The smallest absolute Gasteiger partial charge is 0.329 e. The third kappa shape index (κ3) is 5.60. The van der Waals surface area contributed by atoms with Crippen molar-refractivity contribution in [2.24, 2.45) is 0 Å². The summed E-state index contributed by atoms with van der Waals surface area (Å²) in [5.41, 5.74) is 1.92. The number of amides is 3. The van der Waals surface area contributed by atoms with Crippen LogP contribution in [0.15, 0.2) is 77.7 Å². The van der Waals surface area contributed by atoms with E-state index in [1.165, 1.54) is 11.0 Å². The summed E-state index contributed by atoms with van der Waals surface area (Å²) >= 11 is 0. The van der Waals surface area contributed by atoms with Gasteiger partial charge in [0.2, 0.25) is 12.7 Å². The Hall–Kier alpha value is -4.05. The largest absolute Gasteiger partial charge is 0.454 e. The van der Waals surface area contributed by atoms with Crippen LogP contribution in [-0.2, 0) is 27.7 Å². The van der Waals surface area contributed by atoms with E-state index in [9.17, 15) is 18.0 Å². The van der Waals surface area contributed by atoms with Gasteiger partial charge in [0, 0.05) is 25.2 Å². The van der Waals surface area contributed by atoms with Gasteiger partial charge in [-0.3, -0.25) is 4.79 Å². The van der Waals surface area contributed by atoms with E-state index in [1.54, 1.807) is 43.4 Å². The van der Waals surface area contributed by atoms with Crippen LogP contribution in [0.1, 0.15) is 18.1 Å². The van der Waals surface area contributed by atoms with Crippen molar-refractivity contribution < 1.29 is 27.5 Å². The fourth-order valence-corrected chi connectivity index (χ4v) is 5.16. The molecule has 1 aliphatic heterocycles. The molecule has 0 aliphatic carbocycles. The summed E-state index contributed by atoms with van der Waals surface area (Å²) in [5.74, 6) is 0.660. The van der Waals surface area contributed by atoms with Crippen LogP contribution in [0.3, 0.4) is 0 Å². The van der Waals surface area contributed by atoms with E-state index < -0.39 is 28.0 Å². The van der Waals surface area contributed by atoms with Crippen molar-refractivity contribution in [1.82, 2.24) is 10.0 Å². The van der Waals surface area contributed by atoms with Gasteiger partial charge >= 0.3 is 6.03 Å². The first-order valence-corrected chi connectivity index (χ1v) is 12.9. The van der Waals surface area contributed by atoms with Crippen molar-refractivity contribution in [2.75, 3.05) is 18.7 Å². The van der Waals surface area contributed by atoms with Crippen molar-refractivity contribution >= 4 is 27.6 Å². The second kappa shape index (κ2) is 10.7. The van der Waals surface area contributed by atoms with E-state index in [4.69, 9.17) is 9.47 Å². The number of nitrogens with one attached hydrogen (secondary N) is 2. The highest BCUT2D eigenvalue weighted by Gasteiger charge is 2.28. The lowest BCUT2D eigenvalue weighted by molar-refractivity contribution is -0.120. The van der Waals surface area contributed by atoms with Crippen molar-refractivity contribution in [3.63, 3.8) is 0 Å². The maximum absolute atomic E-state index is 13.5. The number of urea groups is 1. The minimum absolute atomic E-state index is 0.0195. The molecule has 10 heteroatoms. The highest BCUT2D eigenvalue weighted by molar-refractivity contribution is 7.90. The second-order valence-electron chi connectivity index (χ2n) is 8.22. The van der Waals surface area contributed by atoms with Crippen molar-refractivity contribution in [3.05, 3.63) is 83.9 Å². The average Bonchev–Trinajstić information content (AvgIpc) is 3.35. The van der Waals surface area contributed by atoms with E-state index in [1.807, 2.05) is 42.0 Å². The highest BCUT2D eigenvalue weighted by atomic mass is 32.2. The normalized spacial score (nSPS) is 13.1. The number of hydrogen-bond donors (Lipinski definition) is 2. The van der Waals surface area contributed by atoms with Gasteiger partial charge in [-0.15, -0.1) is 0 Å². The number of anilines is 1. The van der Waals surface area contributed by atoms with Crippen LogP contribution in [0.25, 0.3) is 0 Å². The van der Waals surface area contributed by atoms with Gasteiger partial charge in [0.15, 0.2) is 11.5 Å². The van der Waals surface area contributed by atoms with Crippen LogP contribution >= 0.6 is 0 Å². The van der Waals surface area contributed by atoms with Crippen LogP contribution in [0.5, 0.6) is 11.5 Å². The third-order valence-electron chi connectivity index (χ3n) is 5.83. The van der Waals surface area contributed by atoms with Gasteiger partial charge in [0.1, 0.15) is 6.04 Å². The van der Waals surface area contributed by atoms with Crippen molar-refractivity contribution in [1.29, 1.82) is 0 Å². The highest BCUT2D eigenvalue weighted by Crippen LogP contribution is 2.35. The van der Waals surface area contributed by atoms with Gasteiger partial charge < -0.3 is 19.7 Å². The van der Waals surface area contributed by atoms with Crippen LogP contribution in [0.4, 0.5) is 10.5 Å². The molecule has 4 rings (SSSR count). The van der Waals surface area contributed by atoms with E-state index in [0.717, 1.165) is 5.56 Å². The molecular weight excluding hydrogens is 482 g/mol. The van der Waals surface area contributed by atoms with Gasteiger partial charge in [-0.05, 0) is 35.7 Å². The molecule has 0 radical (unpaired) electrons. The first-order valence-electron chi connectivity index (χ1n) is 11.4. The fourth-order valence-electron chi connectivity index (χ4n) is 3.93. The predicted octanol–water partition coefficient (Wildman–Crippen LogP) is 3.24. The lowest BCUT2D eigenvalue weighted by Crippen LogP contribution is -2.52. The number of rotatable bonds is 8. The first-order chi connectivity index (χ1) is 17.3. The number of ether oxygens (including phenoxy) is 2. The molecule has 3 aromatic carbocycles. The predicted molar refractivity (Wildman–Crippen MR) is 135 cm³/mol. The summed E-state index contributed by atoms with van der Waals surface area (Å²) < 4.78 is 38.6. The standard InChI is InChI=1S/C26H27N3O6S/c1-3-19-11-7-8-12-24(19)36(32,33)28-26(31)27-21(15-18-9-5-4-6-10-18)25(30)29(2)20-13-14-22-23(16-20)35-17-34-22/h4-14,16,21H,3,15,17H2,1-2H3,(H2,27,28,31). The Kier molecular flexibility index (Phi) is 7.44. The Morgan fingerprint density at radius 3 is 2.42 bits per heavy atom. The molecule has 1 atom stereocenters. The Balaban J connectivity index is 1.55. The maximum atomic E-state index is 13.5. The summed E-state index contributed by atoms with van der Waals surface area (Å²) in [7, 11) is -2.57. The van der Waals surface area contributed by atoms with E-state index in [-0.39, 0.29) is 18.1 Å². The zero-order valence-corrected chi connectivity index (χ0v) is 20.7. The van der Waals surface area contributed by atoms with E-state index >= 15 is 0 Å². The topological polar surface area (TPSA) is 114 Å². The number of likely N-dealkylation sites (N-methyl/N-ethyl adjacent to an activating group) is 1. The minimum atomic E-state index is -4.14. The number of aryl methyl sites for hydroxylation is 1. The van der Waals surface area contributed by atoms with Gasteiger partial charge in [-0.25, -0.2) is 17.9 Å². The molecule has 0 spiro atoms. The first kappa shape index (κ1) is 25.1. The molecule has 0 fully saturated rings. The number of hydrogen-bond acceptors (Lipinski definition) is 6. The molecule has 3 amide bonds. The van der Waals surface area contributed by atoms with Gasteiger partial charge in [0.05, 0.1) is 4.90 Å². The van der Waals surface area contributed by atoms with Crippen molar-refractivity contribution in [3.8, 4) is 11.5 Å². The Morgan fingerprint density at radius 2 is 1.67 bits per heavy atom. The fraction of sp³-hybridized carbons (Fsp3) is 0.231. The summed E-state index contributed by atoms with van der Waals surface area (Å²) in [6.07, 6.45) is 0.641. The number of nitrogens with zero attached hydrogens (tertiary/aromatic N) is 1. The zero-order valence-electron chi connectivity index (χ0n) is 19.9. The number of fused-ring (bicyclic) bond motifs is 1. The lowest BCUT2D eigenvalue weighted by Gasteiger charge is -2.25. The average molecular weight is 510 g/mol. The molecule has 36 heavy (non-hydrogen) atoms. The monoisotopic (exact) mass is 509 g/mol. The van der Waals surface area contributed by atoms with Crippen molar-refractivity contribution in [2.45, 2.75) is 30.7 Å². The summed E-state index contributed by atoms with van der Waals surface area (Å²) in [4.78, 5) is 27.7. The molecule has 1 aliphatic rings. The van der Waals surface area contributed by atoms with Crippen LogP contribution < -0.4 is 24.4 Å². The molecule has 0 saturated carbocycles. The van der Waals surface area contributed by atoms with Gasteiger partial charge in [0.25, 0.3) is 10.0 Å². The number of carbonyl (C=O) groups is 2. The molecule has 0 aromatic heterocycles. The van der Waals surface area contributed by atoms with E-state index in [2.05, 4.69) is 5.32 Å². The third-order valence-corrected chi connectivity index (χ3v) is 7.26. The molecule has 0 saturated heterocycles. The SMILES string of the molecule is CCc1ccccc1S(=O)(=O)NC(=O)NC(Cc1ccccc1)C(=O)N(C)c1ccc2c(c1)OCO2. The molecule has 0 bridgehead atoms. The summed E-state index contributed by atoms with van der Waals surface area (Å²) in [6.45, 7) is 1.93. The molecule has 3 aromatic rings. The molecule has 188 valence electrons. The Bertz CT molecular complexity index is 1360. The molecule has 1 unspecified atom stereocenters. The molecular formula is C26H27N3O6S. The van der Waals surface area contributed by atoms with E-state index in [0.29, 0.717) is 29.2 Å². The maximum Gasteiger partial charge on any atom is 0.329 e. The molecule has 9 nitrogen and oxygen atoms in total. The lowest BCUT2D eigenvalue weighted by atomic mass is 10.0. The number of benzene rings is 3. The van der Waals surface area contributed by atoms with Crippen LogP contribution in [0, 0.1) is 0 Å². The summed E-state index contributed by atoms with van der Waals surface area (Å²) in [5, 5.41) is 2.56. The second-order valence-corrected chi connectivity index (χ2v) is 9.87. The van der Waals surface area contributed by atoms with Gasteiger partial charge in [-0.2, -0.15) is 0 Å². The minimum Gasteiger partial charge on any atom is -0.454 e. The molecule has 1 heterocycles.